The van der Waals surface area contributed by atoms with Gasteiger partial charge >= 0.3 is 6.09 Å². The summed E-state index contributed by atoms with van der Waals surface area (Å²) in [7, 11) is 0. The molecule has 3 atom stereocenters. The van der Waals surface area contributed by atoms with Crippen LogP contribution in [0.15, 0.2) is 30.5 Å². The lowest BCUT2D eigenvalue weighted by atomic mass is 9.83. The quantitative estimate of drug-likeness (QED) is 0.649. The van der Waals surface area contributed by atoms with Crippen molar-refractivity contribution in [2.24, 2.45) is 17.6 Å². The number of aromatic nitrogens is 2. The van der Waals surface area contributed by atoms with Crippen LogP contribution in [0.2, 0.25) is 0 Å². The first-order chi connectivity index (χ1) is 14.9. The Labute approximate surface area is 178 Å². The highest BCUT2D eigenvalue weighted by atomic mass is 19.1. The van der Waals surface area contributed by atoms with Gasteiger partial charge in [-0.1, -0.05) is 12.8 Å². The molecule has 2 aliphatic rings. The molecule has 2 heterocycles. The van der Waals surface area contributed by atoms with Crippen molar-refractivity contribution < 1.29 is 19.1 Å². The van der Waals surface area contributed by atoms with E-state index in [4.69, 9.17) is 5.73 Å². The van der Waals surface area contributed by atoms with Crippen LogP contribution in [0.25, 0.3) is 0 Å². The number of rotatable bonds is 6. The van der Waals surface area contributed by atoms with E-state index in [0.717, 1.165) is 12.8 Å². The minimum Gasteiger partial charge on any atom is -0.465 e. The number of carbonyl (C=O) groups is 2. The van der Waals surface area contributed by atoms with E-state index < -0.39 is 35.8 Å². The molecule has 2 fully saturated rings. The first-order valence-corrected chi connectivity index (χ1v) is 10.2. The van der Waals surface area contributed by atoms with Crippen molar-refractivity contribution in [3.8, 4) is 6.07 Å². The van der Waals surface area contributed by atoms with E-state index in [2.05, 4.69) is 16.5 Å². The SMILES string of the molecule is N#C[C@H]1C(CC2CC2)N(C(=O)O)CC[C@H]1n1cc(C(N)=O)c(Nc2ccc(F)cc2)n1. The van der Waals surface area contributed by atoms with E-state index in [-0.39, 0.29) is 17.9 Å². The molecule has 1 aliphatic carbocycles. The number of nitrogens with zero attached hydrogens (tertiary/aromatic N) is 4. The Morgan fingerprint density at radius 3 is 2.58 bits per heavy atom. The minimum atomic E-state index is -1.03. The number of anilines is 2. The maximum absolute atomic E-state index is 13.2. The number of carboxylic acid groups (broad SMARTS) is 1. The minimum absolute atomic E-state index is 0.139. The Bertz CT molecular complexity index is 1030. The summed E-state index contributed by atoms with van der Waals surface area (Å²) in [6.45, 7) is 0.280. The molecule has 31 heavy (non-hydrogen) atoms. The van der Waals surface area contributed by atoms with Crippen LogP contribution in [0.1, 0.15) is 42.1 Å². The summed E-state index contributed by atoms with van der Waals surface area (Å²) in [6, 6.07) is 7.04. The van der Waals surface area contributed by atoms with Gasteiger partial charge in [0.25, 0.3) is 5.91 Å². The van der Waals surface area contributed by atoms with Gasteiger partial charge in [0.15, 0.2) is 5.82 Å². The van der Waals surface area contributed by atoms with E-state index in [1.54, 1.807) is 4.68 Å². The molecule has 2 aromatic rings. The van der Waals surface area contributed by atoms with Crippen LogP contribution >= 0.6 is 0 Å². The van der Waals surface area contributed by atoms with E-state index in [0.29, 0.717) is 24.4 Å². The van der Waals surface area contributed by atoms with Gasteiger partial charge < -0.3 is 21.1 Å². The summed E-state index contributed by atoms with van der Waals surface area (Å²) >= 11 is 0. The van der Waals surface area contributed by atoms with Gasteiger partial charge in [-0.3, -0.25) is 9.48 Å². The lowest BCUT2D eigenvalue weighted by Gasteiger charge is -2.41. The van der Waals surface area contributed by atoms with Crippen LogP contribution < -0.4 is 11.1 Å². The number of benzene rings is 1. The van der Waals surface area contributed by atoms with Gasteiger partial charge in [-0.15, -0.1) is 0 Å². The van der Waals surface area contributed by atoms with Crippen molar-refractivity contribution in [1.29, 1.82) is 5.26 Å². The number of likely N-dealkylation sites (tertiary alicyclic amines) is 1. The van der Waals surface area contributed by atoms with Crippen molar-refractivity contribution in [2.45, 2.75) is 37.8 Å². The Morgan fingerprint density at radius 1 is 1.29 bits per heavy atom. The summed E-state index contributed by atoms with van der Waals surface area (Å²) in [4.78, 5) is 25.1. The molecular formula is C21H23FN6O3. The molecule has 0 radical (unpaired) electrons. The largest absolute Gasteiger partial charge is 0.465 e. The van der Waals surface area contributed by atoms with E-state index in [1.165, 1.54) is 35.4 Å². The second-order valence-corrected chi connectivity index (χ2v) is 8.10. The van der Waals surface area contributed by atoms with E-state index in [1.807, 2.05) is 0 Å². The lowest BCUT2D eigenvalue weighted by molar-refractivity contribution is 0.0607. The van der Waals surface area contributed by atoms with Crippen molar-refractivity contribution >= 4 is 23.5 Å². The summed E-state index contributed by atoms with van der Waals surface area (Å²) in [5.41, 5.74) is 6.19. The molecular weight excluding hydrogens is 403 g/mol. The maximum Gasteiger partial charge on any atom is 0.407 e. The van der Waals surface area contributed by atoms with Crippen molar-refractivity contribution in [1.82, 2.24) is 14.7 Å². The first kappa shape index (κ1) is 20.7. The molecule has 2 amide bonds. The highest BCUT2D eigenvalue weighted by molar-refractivity contribution is 5.98. The third-order valence-electron chi connectivity index (χ3n) is 6.01. The zero-order chi connectivity index (χ0) is 22.1. The van der Waals surface area contributed by atoms with Crippen molar-refractivity contribution in [3.05, 3.63) is 41.8 Å². The fourth-order valence-electron chi connectivity index (χ4n) is 4.25. The van der Waals surface area contributed by atoms with Crippen LogP contribution in [-0.4, -0.2) is 44.4 Å². The molecule has 1 unspecified atom stereocenters. The number of amides is 2. The summed E-state index contributed by atoms with van der Waals surface area (Å²) in [5.74, 6) is -1.05. The maximum atomic E-state index is 13.2. The summed E-state index contributed by atoms with van der Waals surface area (Å²) < 4.78 is 14.7. The Morgan fingerprint density at radius 2 is 2.00 bits per heavy atom. The molecule has 1 aliphatic heterocycles. The van der Waals surface area contributed by atoms with Gasteiger partial charge in [0.05, 0.1) is 24.1 Å². The molecule has 162 valence electrons. The monoisotopic (exact) mass is 426 g/mol. The van der Waals surface area contributed by atoms with Crippen LogP contribution in [-0.2, 0) is 0 Å². The number of nitriles is 1. The highest BCUT2D eigenvalue weighted by Gasteiger charge is 2.44. The number of nitrogens with one attached hydrogen (secondary N) is 1. The average Bonchev–Trinajstić information content (AvgIpc) is 3.45. The Hall–Kier alpha value is -3.61. The van der Waals surface area contributed by atoms with Crippen molar-refractivity contribution in [3.63, 3.8) is 0 Å². The van der Waals surface area contributed by atoms with Gasteiger partial charge in [0.2, 0.25) is 0 Å². The molecule has 1 saturated carbocycles. The van der Waals surface area contributed by atoms with E-state index >= 15 is 0 Å². The normalized spacial score (nSPS) is 23.2. The van der Waals surface area contributed by atoms with Gasteiger partial charge in [0, 0.05) is 18.4 Å². The number of primary amides is 1. The lowest BCUT2D eigenvalue weighted by Crippen LogP contribution is -2.51. The van der Waals surface area contributed by atoms with Crippen LogP contribution in [0.4, 0.5) is 20.7 Å². The van der Waals surface area contributed by atoms with Gasteiger partial charge in [-0.25, -0.2) is 9.18 Å². The van der Waals surface area contributed by atoms with Gasteiger partial charge in [-0.2, -0.15) is 10.4 Å². The number of hydrogen-bond acceptors (Lipinski definition) is 5. The predicted molar refractivity (Wildman–Crippen MR) is 109 cm³/mol. The molecule has 4 rings (SSSR count). The molecule has 1 aromatic heterocycles. The van der Waals surface area contributed by atoms with Gasteiger partial charge in [-0.05, 0) is 43.0 Å². The zero-order valence-electron chi connectivity index (χ0n) is 16.7. The topological polar surface area (TPSA) is 137 Å². The third kappa shape index (κ3) is 4.30. The number of halogens is 1. The number of carbonyl (C=O) groups excluding carboxylic acids is 1. The fourth-order valence-corrected chi connectivity index (χ4v) is 4.25. The number of piperidine rings is 1. The first-order valence-electron chi connectivity index (χ1n) is 10.2. The van der Waals surface area contributed by atoms with E-state index in [9.17, 15) is 24.3 Å². The van der Waals surface area contributed by atoms with Crippen LogP contribution in [0.5, 0.6) is 0 Å². The molecule has 0 spiro atoms. The Kier molecular flexibility index (Phi) is 5.50. The van der Waals surface area contributed by atoms with Crippen LogP contribution in [0.3, 0.4) is 0 Å². The number of hydrogen-bond donors (Lipinski definition) is 3. The molecule has 1 saturated heterocycles. The predicted octanol–water partition coefficient (Wildman–Crippen LogP) is 3.10. The number of nitrogens with two attached hydrogens (primary N) is 1. The molecule has 4 N–H and O–H groups in total. The average molecular weight is 426 g/mol. The Balaban J connectivity index is 1.64. The molecule has 1 aromatic carbocycles. The second-order valence-electron chi connectivity index (χ2n) is 8.10. The molecule has 9 nitrogen and oxygen atoms in total. The highest BCUT2D eigenvalue weighted by Crippen LogP contribution is 2.42. The van der Waals surface area contributed by atoms with Crippen molar-refractivity contribution in [2.75, 3.05) is 11.9 Å². The third-order valence-corrected chi connectivity index (χ3v) is 6.01. The zero-order valence-corrected chi connectivity index (χ0v) is 16.7. The molecule has 10 heteroatoms. The second kappa shape index (κ2) is 8.26. The fraction of sp³-hybridized carbons (Fsp3) is 0.429. The summed E-state index contributed by atoms with van der Waals surface area (Å²) in [5, 5.41) is 27.0. The summed E-state index contributed by atoms with van der Waals surface area (Å²) in [6.07, 6.45) is 3.60. The smallest absolute Gasteiger partial charge is 0.407 e. The van der Waals surface area contributed by atoms with Crippen LogP contribution in [0, 0.1) is 29.0 Å². The standard InChI is InChI=1S/C21H23FN6O3/c22-13-3-5-14(6-4-13)25-20-16(19(24)29)11-28(26-20)17-7-8-27(21(30)31)18(15(17)10-23)9-12-1-2-12/h3-6,11-12,15,17-18H,1-2,7-9H2,(H2,24,29)(H,25,26)(H,30,31)/t15-,17-,18?/m1/s1. The van der Waals surface area contributed by atoms with Gasteiger partial charge in [0.1, 0.15) is 11.4 Å². The molecule has 0 bridgehead atoms.